The van der Waals surface area contributed by atoms with E-state index in [0.29, 0.717) is 29.6 Å². The highest BCUT2D eigenvalue weighted by Gasteiger charge is 2.61. The highest BCUT2D eigenvalue weighted by molar-refractivity contribution is 6.22. The third kappa shape index (κ3) is 2.69. The maximum absolute atomic E-state index is 12.9. The summed E-state index contributed by atoms with van der Waals surface area (Å²) in [5.74, 6) is 0.261. The summed E-state index contributed by atoms with van der Waals surface area (Å²) in [5.41, 5.74) is 1.10. The third-order valence-electron chi connectivity index (χ3n) is 6.83. The quantitative estimate of drug-likeness (QED) is 0.826. The zero-order valence-electron chi connectivity index (χ0n) is 15.2. The van der Waals surface area contributed by atoms with Gasteiger partial charge < -0.3 is 10.1 Å². The van der Waals surface area contributed by atoms with Gasteiger partial charge in [-0.2, -0.15) is 0 Å². The number of carbonyl (C=O) groups is 3. The van der Waals surface area contributed by atoms with E-state index in [-0.39, 0.29) is 35.7 Å². The normalized spacial score (nSPS) is 34.4. The number of amides is 3. The smallest absolute Gasteiger partial charge is 0.251 e. The molecular weight excluding hydrogens is 344 g/mol. The number of benzene rings is 1. The van der Waals surface area contributed by atoms with E-state index in [1.54, 1.807) is 24.3 Å². The Labute approximate surface area is 158 Å². The summed E-state index contributed by atoms with van der Waals surface area (Å²) in [7, 11) is 0. The van der Waals surface area contributed by atoms with Gasteiger partial charge in [-0.1, -0.05) is 0 Å². The standard InChI is InChI=1S/C21H24N2O4/c24-19(22-11-16-2-1-9-27-16)12-5-7-15(8-6-12)23-20(25)17-13-3-4-14(10-13)18(17)21(23)26/h5-8,13-14,16-18H,1-4,9-11H2,(H,22,24)/t13-,14-,16-,17-,18+/m0/s1. The molecule has 6 nitrogen and oxygen atoms in total. The number of carbonyl (C=O) groups excluding carboxylic acids is 3. The number of hydrogen-bond donors (Lipinski definition) is 1. The zero-order valence-corrected chi connectivity index (χ0v) is 15.2. The largest absolute Gasteiger partial charge is 0.376 e. The summed E-state index contributed by atoms with van der Waals surface area (Å²) in [6.45, 7) is 1.27. The number of anilines is 1. The first kappa shape index (κ1) is 16.9. The van der Waals surface area contributed by atoms with Gasteiger partial charge in [0.25, 0.3) is 5.91 Å². The molecule has 0 radical (unpaired) electrons. The minimum atomic E-state index is -0.161. The fraction of sp³-hybridized carbons (Fsp3) is 0.571. The molecule has 0 spiro atoms. The Morgan fingerprint density at radius 3 is 2.30 bits per heavy atom. The molecule has 27 heavy (non-hydrogen) atoms. The highest BCUT2D eigenvalue weighted by Crippen LogP contribution is 2.56. The Kier molecular flexibility index (Phi) is 4.04. The first-order chi connectivity index (χ1) is 13.1. The molecule has 2 saturated carbocycles. The monoisotopic (exact) mass is 368 g/mol. The molecule has 0 unspecified atom stereocenters. The second-order valence-corrected chi connectivity index (χ2v) is 8.29. The van der Waals surface area contributed by atoms with Crippen molar-refractivity contribution in [1.29, 1.82) is 0 Å². The van der Waals surface area contributed by atoms with Crippen molar-refractivity contribution >= 4 is 23.4 Å². The molecule has 2 aliphatic carbocycles. The Bertz CT molecular complexity index is 756. The van der Waals surface area contributed by atoms with Gasteiger partial charge in [-0.3, -0.25) is 19.3 Å². The second kappa shape index (κ2) is 6.44. The molecule has 4 fully saturated rings. The van der Waals surface area contributed by atoms with Crippen LogP contribution in [-0.2, 0) is 14.3 Å². The van der Waals surface area contributed by atoms with Gasteiger partial charge in [0.1, 0.15) is 0 Å². The van der Waals surface area contributed by atoms with Crippen LogP contribution in [0.3, 0.4) is 0 Å². The van der Waals surface area contributed by atoms with Gasteiger partial charge in [0, 0.05) is 18.7 Å². The van der Waals surface area contributed by atoms with Crippen LogP contribution in [0.1, 0.15) is 42.5 Å². The molecule has 142 valence electrons. The van der Waals surface area contributed by atoms with Gasteiger partial charge in [-0.05, 0) is 68.2 Å². The van der Waals surface area contributed by atoms with E-state index in [2.05, 4.69) is 5.32 Å². The molecule has 2 heterocycles. The van der Waals surface area contributed by atoms with Gasteiger partial charge >= 0.3 is 0 Å². The lowest BCUT2D eigenvalue weighted by Gasteiger charge is -2.19. The maximum atomic E-state index is 12.9. The molecule has 6 heteroatoms. The molecule has 2 bridgehead atoms. The minimum absolute atomic E-state index is 0.0483. The van der Waals surface area contributed by atoms with E-state index in [9.17, 15) is 14.4 Å². The number of ether oxygens (including phenoxy) is 1. The molecule has 1 aromatic carbocycles. The van der Waals surface area contributed by atoms with E-state index >= 15 is 0 Å². The first-order valence-electron chi connectivity index (χ1n) is 10.0. The summed E-state index contributed by atoms with van der Waals surface area (Å²) in [6.07, 6.45) is 5.29. The van der Waals surface area contributed by atoms with Crippen molar-refractivity contribution in [3.05, 3.63) is 29.8 Å². The lowest BCUT2D eigenvalue weighted by molar-refractivity contribution is -0.123. The zero-order chi connectivity index (χ0) is 18.5. The van der Waals surface area contributed by atoms with Crippen LogP contribution in [0.15, 0.2) is 24.3 Å². The third-order valence-corrected chi connectivity index (χ3v) is 6.83. The Hall–Kier alpha value is -2.21. The van der Waals surface area contributed by atoms with Crippen molar-refractivity contribution in [2.24, 2.45) is 23.7 Å². The van der Waals surface area contributed by atoms with E-state index in [4.69, 9.17) is 4.74 Å². The lowest BCUT2D eigenvalue weighted by Crippen LogP contribution is -2.33. The minimum Gasteiger partial charge on any atom is -0.376 e. The molecule has 1 aromatic rings. The van der Waals surface area contributed by atoms with Crippen LogP contribution < -0.4 is 10.2 Å². The molecule has 4 aliphatic rings. The summed E-state index contributed by atoms with van der Waals surface area (Å²) >= 11 is 0. The number of nitrogens with one attached hydrogen (secondary N) is 1. The topological polar surface area (TPSA) is 75.7 Å². The number of nitrogens with zero attached hydrogens (tertiary/aromatic N) is 1. The van der Waals surface area contributed by atoms with Crippen molar-refractivity contribution in [2.75, 3.05) is 18.1 Å². The number of rotatable bonds is 4. The fourth-order valence-corrected chi connectivity index (χ4v) is 5.54. The summed E-state index contributed by atoms with van der Waals surface area (Å²) in [4.78, 5) is 39.4. The predicted octanol–water partition coefficient (Wildman–Crippen LogP) is 2.13. The summed E-state index contributed by atoms with van der Waals surface area (Å²) in [5, 5.41) is 2.89. The molecule has 2 saturated heterocycles. The number of fused-ring (bicyclic) bond motifs is 5. The van der Waals surface area contributed by atoms with Crippen molar-refractivity contribution in [1.82, 2.24) is 5.32 Å². The fourth-order valence-electron chi connectivity index (χ4n) is 5.54. The summed E-state index contributed by atoms with van der Waals surface area (Å²) in [6, 6.07) is 6.78. The van der Waals surface area contributed by atoms with E-state index in [0.717, 1.165) is 38.7 Å². The molecule has 3 amide bonds. The lowest BCUT2D eigenvalue weighted by atomic mass is 9.81. The Morgan fingerprint density at radius 2 is 1.70 bits per heavy atom. The van der Waals surface area contributed by atoms with Crippen molar-refractivity contribution in [3.8, 4) is 0 Å². The van der Waals surface area contributed by atoms with Gasteiger partial charge in [-0.15, -0.1) is 0 Å². The predicted molar refractivity (Wildman–Crippen MR) is 98.1 cm³/mol. The van der Waals surface area contributed by atoms with Crippen LogP contribution in [0.4, 0.5) is 5.69 Å². The molecule has 0 aromatic heterocycles. The van der Waals surface area contributed by atoms with E-state index in [1.165, 1.54) is 4.90 Å². The van der Waals surface area contributed by atoms with Crippen LogP contribution in [0.5, 0.6) is 0 Å². The molecule has 2 aliphatic heterocycles. The Morgan fingerprint density at radius 1 is 1.04 bits per heavy atom. The number of hydrogen-bond acceptors (Lipinski definition) is 4. The first-order valence-corrected chi connectivity index (χ1v) is 10.0. The van der Waals surface area contributed by atoms with Crippen molar-refractivity contribution in [2.45, 2.75) is 38.2 Å². The van der Waals surface area contributed by atoms with Gasteiger partial charge in [0.15, 0.2) is 0 Å². The average Bonchev–Trinajstić information content (AvgIpc) is 3.45. The van der Waals surface area contributed by atoms with Crippen LogP contribution in [0.25, 0.3) is 0 Å². The highest BCUT2D eigenvalue weighted by atomic mass is 16.5. The van der Waals surface area contributed by atoms with Crippen LogP contribution in [0, 0.1) is 23.7 Å². The summed E-state index contributed by atoms with van der Waals surface area (Å²) < 4.78 is 5.51. The van der Waals surface area contributed by atoms with Crippen LogP contribution in [-0.4, -0.2) is 37.0 Å². The average molecular weight is 368 g/mol. The SMILES string of the molecule is O=C(NC[C@@H]1CCCO1)c1ccc(N2C(=O)[C@@H]3[C@H]4CC[C@@H](C4)[C@@H]3C2=O)cc1. The van der Waals surface area contributed by atoms with Gasteiger partial charge in [-0.25, -0.2) is 0 Å². The van der Waals surface area contributed by atoms with E-state index < -0.39 is 0 Å². The molecule has 1 N–H and O–H groups in total. The molecular formula is C21H24N2O4. The van der Waals surface area contributed by atoms with Crippen LogP contribution >= 0.6 is 0 Å². The van der Waals surface area contributed by atoms with Gasteiger partial charge in [0.2, 0.25) is 11.8 Å². The van der Waals surface area contributed by atoms with Crippen LogP contribution in [0.2, 0.25) is 0 Å². The number of imide groups is 1. The maximum Gasteiger partial charge on any atom is 0.251 e. The van der Waals surface area contributed by atoms with Gasteiger partial charge in [0.05, 0.1) is 23.6 Å². The molecule has 5 atom stereocenters. The second-order valence-electron chi connectivity index (χ2n) is 8.29. The van der Waals surface area contributed by atoms with Crippen molar-refractivity contribution < 1.29 is 19.1 Å². The van der Waals surface area contributed by atoms with E-state index in [1.807, 2.05) is 0 Å². The molecule has 5 rings (SSSR count). The Balaban J connectivity index is 1.28. The van der Waals surface area contributed by atoms with Crippen molar-refractivity contribution in [3.63, 3.8) is 0 Å².